The molecule has 3 atom stereocenters. The number of aliphatic hydroxyl groups is 1. The van der Waals surface area contributed by atoms with Gasteiger partial charge in [0.1, 0.15) is 0 Å². The van der Waals surface area contributed by atoms with E-state index in [1.807, 2.05) is 65.6 Å². The first-order chi connectivity index (χ1) is 12.2. The quantitative estimate of drug-likeness (QED) is 0.902. The Bertz CT molecular complexity index is 730. The highest BCUT2D eigenvalue weighted by atomic mass is 16.3. The summed E-state index contributed by atoms with van der Waals surface area (Å²) >= 11 is 0. The predicted molar refractivity (Wildman–Crippen MR) is 98.2 cm³/mol. The maximum absolute atomic E-state index is 13.0. The molecule has 0 unspecified atom stereocenters. The Labute approximate surface area is 149 Å². The highest BCUT2D eigenvalue weighted by molar-refractivity contribution is 5.94. The van der Waals surface area contributed by atoms with E-state index in [2.05, 4.69) is 0 Å². The molecule has 2 fully saturated rings. The molecule has 0 radical (unpaired) electrons. The minimum Gasteiger partial charge on any atom is -0.385 e. The van der Waals surface area contributed by atoms with Gasteiger partial charge in [-0.2, -0.15) is 0 Å². The fourth-order valence-corrected chi connectivity index (χ4v) is 4.77. The van der Waals surface area contributed by atoms with Crippen LogP contribution in [-0.2, 0) is 5.60 Å². The number of piperidine rings is 1. The van der Waals surface area contributed by atoms with Crippen molar-refractivity contribution in [2.75, 3.05) is 6.54 Å². The standard InChI is InChI=1S/C22H25NO2/c24-21(17-9-3-1-4-10-17)23-16-15-22(25,18-11-5-2-6-12-18)19-13-7-8-14-20(19)23/h1-6,9-12,19-20,25H,7-8,13-16H2/t19-,20+,22+/m1/s1. The van der Waals surface area contributed by atoms with Gasteiger partial charge in [-0.3, -0.25) is 4.79 Å². The molecule has 0 aromatic heterocycles. The summed E-state index contributed by atoms with van der Waals surface area (Å²) in [7, 11) is 0. The number of amides is 1. The van der Waals surface area contributed by atoms with E-state index in [-0.39, 0.29) is 17.9 Å². The molecule has 2 aromatic rings. The van der Waals surface area contributed by atoms with Gasteiger partial charge in [0.2, 0.25) is 0 Å². The van der Waals surface area contributed by atoms with Gasteiger partial charge >= 0.3 is 0 Å². The lowest BCUT2D eigenvalue weighted by atomic mass is 9.66. The van der Waals surface area contributed by atoms with Crippen LogP contribution in [0.1, 0.15) is 48.0 Å². The summed E-state index contributed by atoms with van der Waals surface area (Å²) in [5, 5.41) is 11.6. The van der Waals surface area contributed by atoms with Gasteiger partial charge in [0.25, 0.3) is 5.91 Å². The van der Waals surface area contributed by atoms with Crippen molar-refractivity contribution < 1.29 is 9.90 Å². The average molecular weight is 335 g/mol. The predicted octanol–water partition coefficient (Wildman–Crippen LogP) is 3.98. The Kier molecular flexibility index (Phi) is 4.34. The summed E-state index contributed by atoms with van der Waals surface area (Å²) in [6.45, 7) is 0.611. The number of carbonyl (C=O) groups excluding carboxylic acids is 1. The van der Waals surface area contributed by atoms with Gasteiger partial charge in [0, 0.05) is 24.1 Å². The smallest absolute Gasteiger partial charge is 0.254 e. The summed E-state index contributed by atoms with van der Waals surface area (Å²) < 4.78 is 0. The monoisotopic (exact) mass is 335 g/mol. The van der Waals surface area contributed by atoms with Crippen molar-refractivity contribution in [1.29, 1.82) is 0 Å². The maximum Gasteiger partial charge on any atom is 0.254 e. The van der Waals surface area contributed by atoms with E-state index in [0.717, 1.165) is 36.8 Å². The summed E-state index contributed by atoms with van der Waals surface area (Å²) in [4.78, 5) is 15.1. The van der Waals surface area contributed by atoms with E-state index in [4.69, 9.17) is 0 Å². The van der Waals surface area contributed by atoms with Crippen molar-refractivity contribution in [1.82, 2.24) is 4.90 Å². The average Bonchev–Trinajstić information content (AvgIpc) is 2.69. The van der Waals surface area contributed by atoms with E-state index >= 15 is 0 Å². The molecule has 1 heterocycles. The highest BCUT2D eigenvalue weighted by Gasteiger charge is 2.50. The maximum atomic E-state index is 13.0. The molecule has 1 aliphatic carbocycles. The van der Waals surface area contributed by atoms with Crippen molar-refractivity contribution in [3.63, 3.8) is 0 Å². The fourth-order valence-electron chi connectivity index (χ4n) is 4.77. The van der Waals surface area contributed by atoms with Crippen molar-refractivity contribution in [3.8, 4) is 0 Å². The molecular weight excluding hydrogens is 310 g/mol. The number of rotatable bonds is 2. The molecule has 1 amide bonds. The normalized spacial score (nSPS) is 29.1. The van der Waals surface area contributed by atoms with Crippen LogP contribution in [0, 0.1) is 5.92 Å². The van der Waals surface area contributed by atoms with E-state index in [0.29, 0.717) is 13.0 Å². The molecule has 0 spiro atoms. The Morgan fingerprint density at radius 3 is 2.32 bits per heavy atom. The highest BCUT2D eigenvalue weighted by Crippen LogP contribution is 2.47. The van der Waals surface area contributed by atoms with Gasteiger partial charge in [-0.15, -0.1) is 0 Å². The third-order valence-corrected chi connectivity index (χ3v) is 6.03. The van der Waals surface area contributed by atoms with Crippen molar-refractivity contribution in [2.24, 2.45) is 5.92 Å². The second-order valence-electron chi connectivity index (χ2n) is 7.36. The van der Waals surface area contributed by atoms with E-state index in [1.165, 1.54) is 0 Å². The number of nitrogens with zero attached hydrogens (tertiary/aromatic N) is 1. The molecule has 1 N–H and O–H groups in total. The molecule has 1 saturated carbocycles. The van der Waals surface area contributed by atoms with Crippen LogP contribution in [0.2, 0.25) is 0 Å². The lowest BCUT2D eigenvalue weighted by Gasteiger charge is -2.52. The van der Waals surface area contributed by atoms with Crippen LogP contribution < -0.4 is 0 Å². The first-order valence-corrected chi connectivity index (χ1v) is 9.34. The Morgan fingerprint density at radius 1 is 0.960 bits per heavy atom. The van der Waals surface area contributed by atoms with Gasteiger partial charge in [0.15, 0.2) is 0 Å². The summed E-state index contributed by atoms with van der Waals surface area (Å²) in [6, 6.07) is 19.7. The minimum absolute atomic E-state index is 0.104. The third-order valence-electron chi connectivity index (χ3n) is 6.03. The number of fused-ring (bicyclic) bond motifs is 1. The van der Waals surface area contributed by atoms with Gasteiger partial charge in [-0.05, 0) is 37.0 Å². The molecule has 1 aliphatic heterocycles. The first-order valence-electron chi connectivity index (χ1n) is 9.34. The topological polar surface area (TPSA) is 40.5 Å². The van der Waals surface area contributed by atoms with Gasteiger partial charge in [0.05, 0.1) is 5.60 Å². The number of likely N-dealkylation sites (tertiary alicyclic amines) is 1. The summed E-state index contributed by atoms with van der Waals surface area (Å²) in [5.41, 5.74) is 0.926. The van der Waals surface area contributed by atoms with E-state index in [1.54, 1.807) is 0 Å². The number of carbonyl (C=O) groups is 1. The van der Waals surface area contributed by atoms with Crippen LogP contribution in [0.5, 0.6) is 0 Å². The molecule has 2 aromatic carbocycles. The molecule has 3 heteroatoms. The van der Waals surface area contributed by atoms with Gasteiger partial charge < -0.3 is 10.0 Å². The van der Waals surface area contributed by atoms with Crippen molar-refractivity contribution in [3.05, 3.63) is 71.8 Å². The lowest BCUT2D eigenvalue weighted by Crippen LogP contribution is -2.58. The number of hydrogen-bond donors (Lipinski definition) is 1. The van der Waals surface area contributed by atoms with Crippen LogP contribution >= 0.6 is 0 Å². The lowest BCUT2D eigenvalue weighted by molar-refractivity contribution is -0.110. The minimum atomic E-state index is -0.820. The van der Waals surface area contributed by atoms with Crippen LogP contribution in [0.15, 0.2) is 60.7 Å². The largest absolute Gasteiger partial charge is 0.385 e. The summed E-state index contributed by atoms with van der Waals surface area (Å²) in [5.74, 6) is 0.220. The Balaban J connectivity index is 1.66. The second kappa shape index (κ2) is 6.64. The molecule has 0 bridgehead atoms. The van der Waals surface area contributed by atoms with Gasteiger partial charge in [-0.25, -0.2) is 0 Å². The Morgan fingerprint density at radius 2 is 1.60 bits per heavy atom. The van der Waals surface area contributed by atoms with Gasteiger partial charge in [-0.1, -0.05) is 61.4 Å². The summed E-state index contributed by atoms with van der Waals surface area (Å²) in [6.07, 6.45) is 4.83. The van der Waals surface area contributed by atoms with E-state index in [9.17, 15) is 9.90 Å². The molecule has 3 nitrogen and oxygen atoms in total. The zero-order chi connectivity index (χ0) is 17.3. The number of benzene rings is 2. The first kappa shape index (κ1) is 16.3. The Hall–Kier alpha value is -2.13. The van der Waals surface area contributed by atoms with Crippen LogP contribution in [-0.4, -0.2) is 28.5 Å². The van der Waals surface area contributed by atoms with Crippen LogP contribution in [0.25, 0.3) is 0 Å². The molecular formula is C22H25NO2. The molecule has 25 heavy (non-hydrogen) atoms. The molecule has 4 rings (SSSR count). The third kappa shape index (κ3) is 2.87. The molecule has 1 saturated heterocycles. The van der Waals surface area contributed by atoms with Crippen molar-refractivity contribution >= 4 is 5.91 Å². The zero-order valence-electron chi connectivity index (χ0n) is 14.5. The van der Waals surface area contributed by atoms with Crippen molar-refractivity contribution in [2.45, 2.75) is 43.7 Å². The number of hydrogen-bond acceptors (Lipinski definition) is 2. The molecule has 2 aliphatic rings. The SMILES string of the molecule is O=C(c1ccccc1)N1CC[C@](O)(c2ccccc2)[C@@H]2CCCC[C@@H]21. The zero-order valence-corrected chi connectivity index (χ0v) is 14.5. The van der Waals surface area contributed by atoms with E-state index < -0.39 is 5.60 Å². The fraction of sp³-hybridized carbons (Fsp3) is 0.409. The van der Waals surface area contributed by atoms with Crippen LogP contribution in [0.3, 0.4) is 0 Å². The molecule has 130 valence electrons. The van der Waals surface area contributed by atoms with Crippen LogP contribution in [0.4, 0.5) is 0 Å². The second-order valence-corrected chi connectivity index (χ2v) is 7.36.